The third-order valence-corrected chi connectivity index (χ3v) is 5.47. The molecule has 2 heterocycles. The minimum Gasteiger partial charge on any atom is -0.339 e. The number of nitrogens with zero attached hydrogens (tertiary/aromatic N) is 3. The number of halogens is 1. The average Bonchev–Trinajstić information content (AvgIpc) is 3.37. The van der Waals surface area contributed by atoms with Crippen molar-refractivity contribution in [2.75, 3.05) is 13.1 Å². The fourth-order valence-corrected chi connectivity index (χ4v) is 3.77. The van der Waals surface area contributed by atoms with Crippen LogP contribution in [0.3, 0.4) is 0 Å². The molecule has 0 bridgehead atoms. The molecule has 6 heteroatoms. The molecule has 0 saturated carbocycles. The first-order valence-electron chi connectivity index (χ1n) is 8.72. The van der Waals surface area contributed by atoms with Crippen LogP contribution >= 0.6 is 11.6 Å². The number of benzene rings is 1. The van der Waals surface area contributed by atoms with Gasteiger partial charge in [-0.2, -0.15) is 0 Å². The van der Waals surface area contributed by atoms with Crippen LogP contribution in [0.5, 0.6) is 0 Å². The largest absolute Gasteiger partial charge is 0.339 e. The quantitative estimate of drug-likeness (QED) is 0.802. The molecule has 1 fully saturated rings. The Hall–Kier alpha value is -2.53. The molecule has 1 aromatic carbocycles. The number of hydrogen-bond acceptors (Lipinski definition) is 3. The summed E-state index contributed by atoms with van der Waals surface area (Å²) in [6, 6.07) is 5.55. The van der Waals surface area contributed by atoms with E-state index in [-0.39, 0.29) is 5.91 Å². The summed E-state index contributed by atoms with van der Waals surface area (Å²) in [5.41, 5.74) is 3.90. The summed E-state index contributed by atoms with van der Waals surface area (Å²) >= 11 is 6.41. The summed E-state index contributed by atoms with van der Waals surface area (Å²) in [5, 5.41) is 8.33. The number of allylic oxidation sites excluding steroid dienone is 2. The Morgan fingerprint density at radius 3 is 2.73 bits per heavy atom. The zero-order valence-electron chi connectivity index (χ0n) is 14.5. The molecule has 3 aliphatic rings. The maximum atomic E-state index is 12.6. The van der Waals surface area contributed by atoms with Gasteiger partial charge in [-0.1, -0.05) is 35.9 Å². The van der Waals surface area contributed by atoms with Crippen LogP contribution in [0.1, 0.15) is 30.4 Å². The van der Waals surface area contributed by atoms with E-state index in [0.717, 1.165) is 42.6 Å². The van der Waals surface area contributed by atoms with Gasteiger partial charge in [0.15, 0.2) is 0 Å². The van der Waals surface area contributed by atoms with Crippen molar-refractivity contribution in [2.24, 2.45) is 10.2 Å². The molecule has 2 aliphatic heterocycles. The van der Waals surface area contributed by atoms with Gasteiger partial charge in [0, 0.05) is 24.2 Å². The standard InChI is InChI=1S/C20H18ClN3O2/c1-12-5-4-6-15(17(12)21)16-18(22-23-19(16)25)13-7-8-14(11-13)20(26)24-9-2-3-10-24/h4-7,11H,2-3,8-10H2,1H3. The summed E-state index contributed by atoms with van der Waals surface area (Å²) in [5.74, 6) is -0.327. The highest BCUT2D eigenvalue weighted by Gasteiger charge is 2.30. The number of aryl methyl sites for hydroxylation is 1. The van der Waals surface area contributed by atoms with Gasteiger partial charge < -0.3 is 4.90 Å². The second kappa shape index (κ2) is 6.65. The predicted molar refractivity (Wildman–Crippen MR) is 99.6 cm³/mol. The molecule has 1 aromatic rings. The molecule has 2 amide bonds. The summed E-state index contributed by atoms with van der Waals surface area (Å²) in [6.07, 6.45) is 6.43. The average molecular weight is 368 g/mol. The smallest absolute Gasteiger partial charge is 0.298 e. The molecule has 0 radical (unpaired) electrons. The monoisotopic (exact) mass is 367 g/mol. The number of likely N-dealkylation sites (tertiary alicyclic amines) is 1. The second-order valence-electron chi connectivity index (χ2n) is 6.70. The third kappa shape index (κ3) is 2.82. The van der Waals surface area contributed by atoms with Gasteiger partial charge in [0.2, 0.25) is 5.91 Å². The number of hydrogen-bond donors (Lipinski definition) is 0. The van der Waals surface area contributed by atoms with Crippen molar-refractivity contribution in [3.63, 3.8) is 0 Å². The van der Waals surface area contributed by atoms with Crippen LogP contribution in [0.2, 0.25) is 5.02 Å². The van der Waals surface area contributed by atoms with Crippen LogP contribution in [-0.4, -0.2) is 29.8 Å². The van der Waals surface area contributed by atoms with E-state index >= 15 is 0 Å². The molecule has 0 N–H and O–H groups in total. The lowest BCUT2D eigenvalue weighted by molar-refractivity contribution is -0.126. The number of carbonyl (C=O) groups is 2. The lowest BCUT2D eigenvalue weighted by atomic mass is 9.98. The predicted octanol–water partition coefficient (Wildman–Crippen LogP) is 4.23. The SMILES string of the molecule is Cc1cccc(C2=C(C3=CCC(C(=O)N4CCCC4)=C3)N=NC2=O)c1Cl. The molecule has 26 heavy (non-hydrogen) atoms. The molecular formula is C20H18ClN3O2. The lowest BCUT2D eigenvalue weighted by Crippen LogP contribution is -2.28. The van der Waals surface area contributed by atoms with E-state index in [0.29, 0.717) is 28.3 Å². The Bertz CT molecular complexity index is 934. The molecule has 4 rings (SSSR count). The first-order valence-corrected chi connectivity index (χ1v) is 9.10. The normalized spacial score (nSPS) is 19.5. The number of rotatable bonds is 3. The van der Waals surface area contributed by atoms with Crippen molar-refractivity contribution in [3.05, 3.63) is 63.3 Å². The van der Waals surface area contributed by atoms with Crippen LogP contribution in [-0.2, 0) is 9.59 Å². The number of amides is 2. The molecule has 1 aliphatic carbocycles. The zero-order valence-corrected chi connectivity index (χ0v) is 15.2. The van der Waals surface area contributed by atoms with E-state index in [1.165, 1.54) is 0 Å². The van der Waals surface area contributed by atoms with Gasteiger partial charge in [-0.05, 0) is 43.4 Å². The van der Waals surface area contributed by atoms with Gasteiger partial charge in [-0.3, -0.25) is 9.59 Å². The highest BCUT2D eigenvalue weighted by molar-refractivity contribution is 6.36. The van der Waals surface area contributed by atoms with Crippen molar-refractivity contribution < 1.29 is 9.59 Å². The maximum Gasteiger partial charge on any atom is 0.298 e. The van der Waals surface area contributed by atoms with Crippen LogP contribution in [0.4, 0.5) is 0 Å². The third-order valence-electron chi connectivity index (χ3n) is 4.97. The Morgan fingerprint density at radius 2 is 1.96 bits per heavy atom. The minimum absolute atomic E-state index is 0.0748. The van der Waals surface area contributed by atoms with E-state index in [9.17, 15) is 9.59 Å². The van der Waals surface area contributed by atoms with E-state index in [1.54, 1.807) is 6.07 Å². The van der Waals surface area contributed by atoms with E-state index in [4.69, 9.17) is 11.6 Å². The van der Waals surface area contributed by atoms with Crippen molar-refractivity contribution in [2.45, 2.75) is 26.2 Å². The second-order valence-corrected chi connectivity index (χ2v) is 7.08. The molecular weight excluding hydrogens is 350 g/mol. The fraction of sp³-hybridized carbons (Fsp3) is 0.300. The van der Waals surface area contributed by atoms with Crippen LogP contribution in [0.25, 0.3) is 5.57 Å². The van der Waals surface area contributed by atoms with Gasteiger partial charge in [0.25, 0.3) is 5.91 Å². The molecule has 0 atom stereocenters. The Labute approximate surface area is 156 Å². The molecule has 5 nitrogen and oxygen atoms in total. The summed E-state index contributed by atoms with van der Waals surface area (Å²) in [6.45, 7) is 3.52. The number of azo groups is 1. The van der Waals surface area contributed by atoms with E-state index < -0.39 is 5.91 Å². The van der Waals surface area contributed by atoms with Gasteiger partial charge in [0.05, 0.1) is 10.6 Å². The Kier molecular flexibility index (Phi) is 4.32. The van der Waals surface area contributed by atoms with Crippen molar-refractivity contribution in [3.8, 4) is 0 Å². The maximum absolute atomic E-state index is 12.6. The molecule has 0 aromatic heterocycles. The lowest BCUT2D eigenvalue weighted by Gasteiger charge is -2.15. The fourth-order valence-electron chi connectivity index (χ4n) is 3.54. The van der Waals surface area contributed by atoms with Gasteiger partial charge in [-0.15, -0.1) is 10.2 Å². The molecule has 1 saturated heterocycles. The topological polar surface area (TPSA) is 62.1 Å². The van der Waals surface area contributed by atoms with E-state index in [2.05, 4.69) is 10.2 Å². The molecule has 0 spiro atoms. The zero-order chi connectivity index (χ0) is 18.3. The van der Waals surface area contributed by atoms with Gasteiger partial charge in [-0.25, -0.2) is 0 Å². The van der Waals surface area contributed by atoms with Crippen LogP contribution < -0.4 is 0 Å². The highest BCUT2D eigenvalue weighted by Crippen LogP contribution is 2.38. The summed E-state index contributed by atoms with van der Waals surface area (Å²) in [7, 11) is 0. The van der Waals surface area contributed by atoms with Crippen molar-refractivity contribution in [1.82, 2.24) is 4.90 Å². The van der Waals surface area contributed by atoms with Crippen LogP contribution in [0.15, 0.2) is 57.4 Å². The summed E-state index contributed by atoms with van der Waals surface area (Å²) < 4.78 is 0. The molecule has 132 valence electrons. The van der Waals surface area contributed by atoms with Crippen molar-refractivity contribution in [1.29, 1.82) is 0 Å². The molecule has 0 unspecified atom stereocenters. The van der Waals surface area contributed by atoms with Gasteiger partial charge >= 0.3 is 0 Å². The summed E-state index contributed by atoms with van der Waals surface area (Å²) in [4.78, 5) is 26.8. The first kappa shape index (κ1) is 16.9. The highest BCUT2D eigenvalue weighted by atomic mass is 35.5. The Balaban J connectivity index is 1.70. The number of carbonyl (C=O) groups excluding carboxylic acids is 2. The van der Waals surface area contributed by atoms with Crippen molar-refractivity contribution >= 4 is 29.0 Å². The minimum atomic E-state index is -0.402. The Morgan fingerprint density at radius 1 is 1.19 bits per heavy atom. The van der Waals surface area contributed by atoms with E-state index in [1.807, 2.05) is 36.1 Å². The van der Waals surface area contributed by atoms with Gasteiger partial charge in [0.1, 0.15) is 5.70 Å². The first-order chi connectivity index (χ1) is 12.6. The van der Waals surface area contributed by atoms with Crippen LogP contribution in [0, 0.1) is 6.92 Å².